The molecule has 1 N–H and O–H groups in total. The van der Waals surface area contributed by atoms with E-state index < -0.39 is 17.5 Å². The van der Waals surface area contributed by atoms with E-state index in [9.17, 15) is 14.0 Å². The van der Waals surface area contributed by atoms with Crippen molar-refractivity contribution in [2.75, 3.05) is 0 Å². The van der Waals surface area contributed by atoms with E-state index in [0.717, 1.165) is 16.3 Å². The van der Waals surface area contributed by atoms with Gasteiger partial charge in [0.2, 0.25) is 0 Å². The van der Waals surface area contributed by atoms with Crippen LogP contribution in [-0.2, 0) is 24.5 Å². The number of aromatic carboxylic acids is 1. The lowest BCUT2D eigenvalue weighted by molar-refractivity contribution is 0.0695. The number of aromatic nitrogens is 3. The van der Waals surface area contributed by atoms with Crippen molar-refractivity contribution < 1.29 is 19.0 Å². The monoisotopic (exact) mass is 497 g/mol. The first kappa shape index (κ1) is 20.2. The molecule has 0 fully saturated rings. The number of hydrogen-bond donors (Lipinski definition) is 1. The highest BCUT2D eigenvalue weighted by atomic mass is 127. The number of carboxylic acid groups (broad SMARTS) is 1. The predicted molar refractivity (Wildman–Crippen MR) is 108 cm³/mol. The molecular formula is C19H17FIN3O4. The SMILES string of the molecule is CCn1c(COCc2ccccc2)nn(-c2cc(I)c(C(=O)O)cc2F)c1=O. The van der Waals surface area contributed by atoms with Crippen molar-refractivity contribution in [1.82, 2.24) is 14.3 Å². The number of benzene rings is 2. The Morgan fingerprint density at radius 3 is 2.61 bits per heavy atom. The molecule has 1 heterocycles. The van der Waals surface area contributed by atoms with Crippen molar-refractivity contribution in [2.24, 2.45) is 0 Å². The summed E-state index contributed by atoms with van der Waals surface area (Å²) in [6.07, 6.45) is 0. The largest absolute Gasteiger partial charge is 0.478 e. The number of rotatable bonds is 7. The molecular weight excluding hydrogens is 480 g/mol. The number of halogens is 2. The maximum atomic E-state index is 14.5. The lowest BCUT2D eigenvalue weighted by Gasteiger charge is -2.05. The number of nitrogens with zero attached hydrogens (tertiary/aromatic N) is 3. The fourth-order valence-electron chi connectivity index (χ4n) is 2.72. The van der Waals surface area contributed by atoms with Crippen LogP contribution in [0.25, 0.3) is 5.69 Å². The van der Waals surface area contributed by atoms with Crippen LogP contribution in [0.4, 0.5) is 4.39 Å². The minimum absolute atomic E-state index is 0.0803. The molecule has 3 rings (SSSR count). The molecule has 1 aromatic heterocycles. The van der Waals surface area contributed by atoms with E-state index in [1.165, 1.54) is 10.6 Å². The van der Waals surface area contributed by atoms with Crippen molar-refractivity contribution in [2.45, 2.75) is 26.7 Å². The van der Waals surface area contributed by atoms with Gasteiger partial charge in [-0.2, -0.15) is 4.68 Å². The highest BCUT2D eigenvalue weighted by molar-refractivity contribution is 14.1. The average molecular weight is 497 g/mol. The second kappa shape index (κ2) is 8.65. The molecule has 0 aliphatic carbocycles. The summed E-state index contributed by atoms with van der Waals surface area (Å²) in [6.45, 7) is 2.55. The zero-order valence-electron chi connectivity index (χ0n) is 14.9. The van der Waals surface area contributed by atoms with Crippen LogP contribution in [0, 0.1) is 9.39 Å². The number of hydrogen-bond acceptors (Lipinski definition) is 4. The van der Waals surface area contributed by atoms with Crippen molar-refractivity contribution in [3.05, 3.63) is 79.3 Å². The molecule has 0 atom stereocenters. The van der Waals surface area contributed by atoms with Gasteiger partial charge in [0.15, 0.2) is 5.82 Å². The normalized spacial score (nSPS) is 11.0. The minimum Gasteiger partial charge on any atom is -0.478 e. The second-order valence-corrected chi connectivity index (χ2v) is 7.08. The Hall–Kier alpha value is -2.53. The highest BCUT2D eigenvalue weighted by Crippen LogP contribution is 2.20. The quantitative estimate of drug-likeness (QED) is 0.507. The van der Waals surface area contributed by atoms with Crippen LogP contribution in [0.1, 0.15) is 28.7 Å². The van der Waals surface area contributed by atoms with Gasteiger partial charge in [-0.05, 0) is 47.2 Å². The lowest BCUT2D eigenvalue weighted by Crippen LogP contribution is -2.25. The van der Waals surface area contributed by atoms with Gasteiger partial charge in [0.05, 0.1) is 12.2 Å². The van der Waals surface area contributed by atoms with E-state index in [1.54, 1.807) is 29.5 Å². The topological polar surface area (TPSA) is 86.3 Å². The van der Waals surface area contributed by atoms with Gasteiger partial charge in [-0.25, -0.2) is 14.0 Å². The van der Waals surface area contributed by atoms with Gasteiger partial charge >= 0.3 is 11.7 Å². The summed E-state index contributed by atoms with van der Waals surface area (Å²) < 4.78 is 22.8. The third-order valence-electron chi connectivity index (χ3n) is 4.09. The van der Waals surface area contributed by atoms with Crippen molar-refractivity contribution in [3.63, 3.8) is 0 Å². The van der Waals surface area contributed by atoms with Crippen LogP contribution in [0.5, 0.6) is 0 Å². The van der Waals surface area contributed by atoms with Gasteiger partial charge in [-0.3, -0.25) is 4.57 Å². The molecule has 0 radical (unpaired) electrons. The van der Waals surface area contributed by atoms with E-state index in [4.69, 9.17) is 9.84 Å². The van der Waals surface area contributed by atoms with E-state index in [-0.39, 0.29) is 17.9 Å². The molecule has 0 aliphatic heterocycles. The van der Waals surface area contributed by atoms with E-state index >= 15 is 0 Å². The molecule has 146 valence electrons. The molecule has 0 spiro atoms. The van der Waals surface area contributed by atoms with E-state index in [0.29, 0.717) is 22.5 Å². The minimum atomic E-state index is -1.24. The number of carboxylic acids is 1. The summed E-state index contributed by atoms with van der Waals surface area (Å²) in [7, 11) is 0. The molecule has 0 amide bonds. The first-order valence-corrected chi connectivity index (χ1v) is 9.53. The Labute approximate surface area is 173 Å². The van der Waals surface area contributed by atoms with Crippen LogP contribution < -0.4 is 5.69 Å². The summed E-state index contributed by atoms with van der Waals surface area (Å²) in [5, 5.41) is 13.3. The van der Waals surface area contributed by atoms with Crippen LogP contribution >= 0.6 is 22.6 Å². The van der Waals surface area contributed by atoms with Gasteiger partial charge in [0, 0.05) is 10.1 Å². The average Bonchev–Trinajstić information content (AvgIpc) is 2.99. The summed E-state index contributed by atoms with van der Waals surface area (Å²) in [5.41, 5.74) is 0.197. The third-order valence-corrected chi connectivity index (χ3v) is 4.99. The first-order chi connectivity index (χ1) is 13.4. The van der Waals surface area contributed by atoms with Gasteiger partial charge in [-0.1, -0.05) is 30.3 Å². The summed E-state index contributed by atoms with van der Waals surface area (Å²) in [5.74, 6) is -1.71. The Balaban J connectivity index is 1.90. The van der Waals surface area contributed by atoms with Crippen LogP contribution in [-0.4, -0.2) is 25.4 Å². The van der Waals surface area contributed by atoms with Crippen molar-refractivity contribution in [1.29, 1.82) is 0 Å². The Morgan fingerprint density at radius 1 is 1.25 bits per heavy atom. The molecule has 0 saturated heterocycles. The van der Waals surface area contributed by atoms with Gasteiger partial charge in [-0.15, -0.1) is 5.10 Å². The van der Waals surface area contributed by atoms with Gasteiger partial charge in [0.1, 0.15) is 18.1 Å². The molecule has 7 nitrogen and oxygen atoms in total. The molecule has 3 aromatic rings. The molecule has 2 aromatic carbocycles. The Bertz CT molecular complexity index is 1060. The standard InChI is InChI=1S/C19H17FIN3O4/c1-2-23-17(11-28-10-12-6-4-3-5-7-12)22-24(19(23)27)16-9-15(21)13(18(25)26)8-14(16)20/h3-9H,2,10-11H2,1H3,(H,25,26). The summed E-state index contributed by atoms with van der Waals surface area (Å²) in [4.78, 5) is 23.8. The summed E-state index contributed by atoms with van der Waals surface area (Å²) >= 11 is 1.79. The second-order valence-electron chi connectivity index (χ2n) is 5.92. The lowest BCUT2D eigenvalue weighted by atomic mass is 10.2. The Morgan fingerprint density at radius 2 is 1.96 bits per heavy atom. The zero-order valence-corrected chi connectivity index (χ0v) is 17.1. The van der Waals surface area contributed by atoms with Gasteiger partial charge in [0.25, 0.3) is 0 Å². The van der Waals surface area contributed by atoms with E-state index in [2.05, 4.69) is 5.10 Å². The van der Waals surface area contributed by atoms with Crippen LogP contribution in [0.2, 0.25) is 0 Å². The first-order valence-electron chi connectivity index (χ1n) is 8.45. The molecule has 0 aliphatic rings. The highest BCUT2D eigenvalue weighted by Gasteiger charge is 2.20. The summed E-state index contributed by atoms with van der Waals surface area (Å²) in [6, 6.07) is 11.7. The zero-order chi connectivity index (χ0) is 20.3. The van der Waals surface area contributed by atoms with Crippen molar-refractivity contribution in [3.8, 4) is 5.69 Å². The maximum Gasteiger partial charge on any atom is 0.350 e. The molecule has 9 heteroatoms. The number of carbonyl (C=O) groups is 1. The molecule has 28 heavy (non-hydrogen) atoms. The molecule has 0 bridgehead atoms. The maximum absolute atomic E-state index is 14.5. The van der Waals surface area contributed by atoms with Crippen LogP contribution in [0.15, 0.2) is 47.3 Å². The fourth-order valence-corrected chi connectivity index (χ4v) is 3.40. The van der Waals surface area contributed by atoms with E-state index in [1.807, 2.05) is 30.3 Å². The molecule has 0 unspecified atom stereocenters. The fraction of sp³-hybridized carbons (Fsp3) is 0.211. The smallest absolute Gasteiger partial charge is 0.350 e. The Kier molecular flexibility index (Phi) is 6.25. The molecule has 0 saturated carbocycles. The predicted octanol–water partition coefficient (Wildman–Crippen LogP) is 3.21. The third kappa shape index (κ3) is 4.14. The van der Waals surface area contributed by atoms with Gasteiger partial charge < -0.3 is 9.84 Å². The van der Waals surface area contributed by atoms with Crippen molar-refractivity contribution >= 4 is 28.6 Å². The number of ether oxygens (including phenoxy) is 1. The van der Waals surface area contributed by atoms with Crippen LogP contribution in [0.3, 0.4) is 0 Å².